The second kappa shape index (κ2) is 6.55. The highest BCUT2D eigenvalue weighted by atomic mass is 79.9. The number of furan rings is 1. The van der Waals surface area contributed by atoms with Gasteiger partial charge < -0.3 is 9.73 Å². The molecule has 1 aromatic heterocycles. The molecule has 0 fully saturated rings. The van der Waals surface area contributed by atoms with E-state index in [-0.39, 0.29) is 5.91 Å². The molecule has 1 amide bonds. The van der Waals surface area contributed by atoms with Crippen molar-refractivity contribution < 1.29 is 9.21 Å². The van der Waals surface area contributed by atoms with Gasteiger partial charge in [0.15, 0.2) is 5.76 Å². The SMILES string of the molecule is O=C(NCCc1ccccc1Cl)c1cc2c(Br)cccc2o1. The van der Waals surface area contributed by atoms with Crippen LogP contribution in [0.1, 0.15) is 16.1 Å². The molecule has 0 atom stereocenters. The van der Waals surface area contributed by atoms with Gasteiger partial charge in [0.2, 0.25) is 0 Å². The lowest BCUT2D eigenvalue weighted by atomic mass is 10.1. The minimum Gasteiger partial charge on any atom is -0.451 e. The number of nitrogens with one attached hydrogen (secondary N) is 1. The van der Waals surface area contributed by atoms with Crippen molar-refractivity contribution in [2.75, 3.05) is 6.54 Å². The van der Waals surface area contributed by atoms with Crippen LogP contribution in [0, 0.1) is 0 Å². The van der Waals surface area contributed by atoms with Gasteiger partial charge in [-0.3, -0.25) is 4.79 Å². The minimum absolute atomic E-state index is 0.227. The molecule has 0 saturated heterocycles. The Labute approximate surface area is 141 Å². The predicted molar refractivity (Wildman–Crippen MR) is 91.4 cm³/mol. The monoisotopic (exact) mass is 377 g/mol. The van der Waals surface area contributed by atoms with Gasteiger partial charge in [0, 0.05) is 21.4 Å². The standard InChI is InChI=1S/C17H13BrClNO2/c18-13-5-3-7-15-12(13)10-16(22-15)17(21)20-9-8-11-4-1-2-6-14(11)19/h1-7,10H,8-9H2,(H,20,21). The molecule has 0 saturated carbocycles. The summed E-state index contributed by atoms with van der Waals surface area (Å²) in [5, 5.41) is 4.45. The molecule has 3 nitrogen and oxygen atoms in total. The molecular weight excluding hydrogens is 366 g/mol. The average molecular weight is 379 g/mol. The van der Waals surface area contributed by atoms with Crippen molar-refractivity contribution in [2.24, 2.45) is 0 Å². The van der Waals surface area contributed by atoms with Crippen molar-refractivity contribution in [3.63, 3.8) is 0 Å². The third-order valence-corrected chi connectivity index (χ3v) is 4.43. The lowest BCUT2D eigenvalue weighted by Crippen LogP contribution is -2.25. The third kappa shape index (κ3) is 3.18. The van der Waals surface area contributed by atoms with E-state index >= 15 is 0 Å². The van der Waals surface area contributed by atoms with Crippen LogP contribution in [-0.2, 0) is 6.42 Å². The molecular formula is C17H13BrClNO2. The topological polar surface area (TPSA) is 42.2 Å². The van der Waals surface area contributed by atoms with Crippen LogP contribution < -0.4 is 5.32 Å². The van der Waals surface area contributed by atoms with Crippen LogP contribution in [0.5, 0.6) is 0 Å². The molecule has 0 spiro atoms. The van der Waals surface area contributed by atoms with E-state index in [1.807, 2.05) is 42.5 Å². The first-order valence-electron chi connectivity index (χ1n) is 6.85. The van der Waals surface area contributed by atoms with Crippen LogP contribution in [0.3, 0.4) is 0 Å². The van der Waals surface area contributed by atoms with Gasteiger partial charge in [0.25, 0.3) is 5.91 Å². The molecule has 0 aliphatic rings. The Bertz CT molecular complexity index is 828. The number of fused-ring (bicyclic) bond motifs is 1. The van der Waals surface area contributed by atoms with E-state index in [9.17, 15) is 4.79 Å². The molecule has 1 heterocycles. The summed E-state index contributed by atoms with van der Waals surface area (Å²) >= 11 is 9.54. The molecule has 3 aromatic rings. The number of hydrogen-bond acceptors (Lipinski definition) is 2. The van der Waals surface area contributed by atoms with Crippen molar-refractivity contribution in [2.45, 2.75) is 6.42 Å². The molecule has 0 aliphatic heterocycles. The van der Waals surface area contributed by atoms with E-state index in [1.165, 1.54) is 0 Å². The third-order valence-electron chi connectivity index (χ3n) is 3.37. The maximum atomic E-state index is 12.1. The largest absolute Gasteiger partial charge is 0.451 e. The Kier molecular flexibility index (Phi) is 4.50. The zero-order valence-electron chi connectivity index (χ0n) is 11.6. The molecule has 0 unspecified atom stereocenters. The summed E-state index contributed by atoms with van der Waals surface area (Å²) in [6, 6.07) is 15.0. The normalized spacial score (nSPS) is 10.8. The molecule has 22 heavy (non-hydrogen) atoms. The first-order chi connectivity index (χ1) is 10.6. The Hall–Kier alpha value is -1.78. The van der Waals surface area contributed by atoms with E-state index in [1.54, 1.807) is 6.07 Å². The fraction of sp³-hybridized carbons (Fsp3) is 0.118. The number of halogens is 2. The maximum Gasteiger partial charge on any atom is 0.287 e. The summed E-state index contributed by atoms with van der Waals surface area (Å²) in [6.45, 7) is 0.501. The number of carbonyl (C=O) groups excluding carboxylic acids is 1. The number of benzene rings is 2. The van der Waals surface area contributed by atoms with Crippen LogP contribution in [0.25, 0.3) is 11.0 Å². The van der Waals surface area contributed by atoms with Crippen LogP contribution in [0.15, 0.2) is 57.4 Å². The molecule has 2 aromatic carbocycles. The van der Waals surface area contributed by atoms with Gasteiger partial charge in [-0.2, -0.15) is 0 Å². The fourth-order valence-corrected chi connectivity index (χ4v) is 2.93. The Morgan fingerprint density at radius 3 is 2.77 bits per heavy atom. The lowest BCUT2D eigenvalue weighted by molar-refractivity contribution is 0.0928. The van der Waals surface area contributed by atoms with Gasteiger partial charge in [-0.05, 0) is 36.2 Å². The number of carbonyl (C=O) groups is 1. The van der Waals surface area contributed by atoms with Gasteiger partial charge in [-0.25, -0.2) is 0 Å². The van der Waals surface area contributed by atoms with E-state index in [0.717, 1.165) is 15.4 Å². The van der Waals surface area contributed by atoms with Crippen LogP contribution in [0.2, 0.25) is 5.02 Å². The summed E-state index contributed by atoms with van der Waals surface area (Å²) in [4.78, 5) is 12.1. The summed E-state index contributed by atoms with van der Waals surface area (Å²) < 4.78 is 6.48. The fourth-order valence-electron chi connectivity index (χ4n) is 2.24. The Morgan fingerprint density at radius 2 is 2.00 bits per heavy atom. The summed E-state index contributed by atoms with van der Waals surface area (Å²) in [6.07, 6.45) is 0.676. The van der Waals surface area contributed by atoms with Crippen molar-refractivity contribution in [3.05, 3.63) is 69.3 Å². The first kappa shape index (κ1) is 15.1. The van der Waals surface area contributed by atoms with Gasteiger partial charge in [-0.1, -0.05) is 51.8 Å². The summed E-state index contributed by atoms with van der Waals surface area (Å²) in [5.41, 5.74) is 1.70. The smallest absolute Gasteiger partial charge is 0.287 e. The molecule has 3 rings (SSSR count). The second-order valence-corrected chi connectivity index (χ2v) is 6.12. The van der Waals surface area contributed by atoms with Gasteiger partial charge in [0.1, 0.15) is 5.58 Å². The summed E-state index contributed by atoms with van der Waals surface area (Å²) in [7, 11) is 0. The van der Waals surface area contributed by atoms with Gasteiger partial charge >= 0.3 is 0 Å². The van der Waals surface area contributed by atoms with Crippen molar-refractivity contribution in [3.8, 4) is 0 Å². The van der Waals surface area contributed by atoms with E-state index in [0.29, 0.717) is 29.3 Å². The molecule has 5 heteroatoms. The van der Waals surface area contributed by atoms with E-state index < -0.39 is 0 Å². The molecule has 0 radical (unpaired) electrons. The highest BCUT2D eigenvalue weighted by molar-refractivity contribution is 9.10. The molecule has 0 aliphatic carbocycles. The average Bonchev–Trinajstić information content (AvgIpc) is 2.95. The van der Waals surface area contributed by atoms with Crippen LogP contribution in [0.4, 0.5) is 0 Å². The highest BCUT2D eigenvalue weighted by Gasteiger charge is 2.13. The van der Waals surface area contributed by atoms with E-state index in [4.69, 9.17) is 16.0 Å². The van der Waals surface area contributed by atoms with Crippen LogP contribution in [-0.4, -0.2) is 12.5 Å². The van der Waals surface area contributed by atoms with Crippen molar-refractivity contribution in [1.29, 1.82) is 0 Å². The van der Waals surface area contributed by atoms with Crippen LogP contribution >= 0.6 is 27.5 Å². The van der Waals surface area contributed by atoms with E-state index in [2.05, 4.69) is 21.2 Å². The minimum atomic E-state index is -0.227. The van der Waals surface area contributed by atoms with Crippen molar-refractivity contribution >= 4 is 44.4 Å². The Balaban J connectivity index is 1.66. The number of rotatable bonds is 4. The molecule has 112 valence electrons. The lowest BCUT2D eigenvalue weighted by Gasteiger charge is -2.05. The number of amides is 1. The van der Waals surface area contributed by atoms with Crippen molar-refractivity contribution in [1.82, 2.24) is 5.32 Å². The zero-order valence-corrected chi connectivity index (χ0v) is 13.9. The first-order valence-corrected chi connectivity index (χ1v) is 8.02. The van der Waals surface area contributed by atoms with Gasteiger partial charge in [0.05, 0.1) is 0 Å². The molecule has 0 bridgehead atoms. The Morgan fingerprint density at radius 1 is 1.18 bits per heavy atom. The highest BCUT2D eigenvalue weighted by Crippen LogP contribution is 2.26. The zero-order chi connectivity index (χ0) is 15.5. The number of hydrogen-bond donors (Lipinski definition) is 1. The quantitative estimate of drug-likeness (QED) is 0.707. The predicted octanol–water partition coefficient (Wildman–Crippen LogP) is 4.82. The van der Waals surface area contributed by atoms with Gasteiger partial charge in [-0.15, -0.1) is 0 Å². The maximum absolute atomic E-state index is 12.1. The second-order valence-electron chi connectivity index (χ2n) is 4.86. The summed E-state index contributed by atoms with van der Waals surface area (Å²) in [5.74, 6) is 0.0798. The molecule has 1 N–H and O–H groups in total.